The van der Waals surface area contributed by atoms with Crippen LogP contribution in [0.4, 0.5) is 0 Å². The molecule has 0 spiro atoms. The van der Waals surface area contributed by atoms with Gasteiger partial charge in [0.1, 0.15) is 0 Å². The number of nitrogens with zero attached hydrogens (tertiary/aromatic N) is 1. The van der Waals surface area contributed by atoms with Gasteiger partial charge in [0.15, 0.2) is 0 Å². The molecule has 0 radical (unpaired) electrons. The predicted octanol–water partition coefficient (Wildman–Crippen LogP) is 2.60. The fourth-order valence-corrected chi connectivity index (χ4v) is 3.91. The van der Waals surface area contributed by atoms with Gasteiger partial charge in [0.25, 0.3) is 0 Å². The van der Waals surface area contributed by atoms with Gasteiger partial charge < -0.3 is 5.32 Å². The average molecular weight is 312 g/mol. The Hall–Kier alpha value is -0.910. The molecule has 1 unspecified atom stereocenters. The van der Waals surface area contributed by atoms with Gasteiger partial charge in [0.05, 0.1) is 5.75 Å². The molecule has 4 nitrogen and oxygen atoms in total. The van der Waals surface area contributed by atoms with Gasteiger partial charge in [0.2, 0.25) is 10.0 Å². The molecule has 1 aromatic rings. The van der Waals surface area contributed by atoms with E-state index in [-0.39, 0.29) is 5.75 Å². The van der Waals surface area contributed by atoms with E-state index in [4.69, 9.17) is 0 Å². The summed E-state index contributed by atoms with van der Waals surface area (Å²) in [4.78, 5) is 0. The number of benzene rings is 1. The van der Waals surface area contributed by atoms with Crippen molar-refractivity contribution in [3.8, 4) is 0 Å². The molecule has 1 N–H and O–H groups in total. The molecule has 0 saturated carbocycles. The summed E-state index contributed by atoms with van der Waals surface area (Å²) >= 11 is 0. The number of nitrogens with one attached hydrogen (secondary N) is 1. The highest BCUT2D eigenvalue weighted by molar-refractivity contribution is 7.88. The quantitative estimate of drug-likeness (QED) is 0.762. The van der Waals surface area contributed by atoms with Crippen LogP contribution in [-0.4, -0.2) is 32.9 Å². The molecule has 0 amide bonds. The molecular weight excluding hydrogens is 284 g/mol. The van der Waals surface area contributed by atoms with Gasteiger partial charge in [-0.25, -0.2) is 12.7 Å². The summed E-state index contributed by atoms with van der Waals surface area (Å²) in [5.74, 6) is 0.463. The highest BCUT2D eigenvalue weighted by atomic mass is 32.2. The van der Waals surface area contributed by atoms with Crippen molar-refractivity contribution < 1.29 is 8.42 Å². The van der Waals surface area contributed by atoms with Crippen molar-refractivity contribution in [1.82, 2.24) is 9.62 Å². The van der Waals surface area contributed by atoms with Gasteiger partial charge in [-0.1, -0.05) is 51.5 Å². The maximum atomic E-state index is 12.6. The first-order chi connectivity index (χ1) is 9.92. The topological polar surface area (TPSA) is 49.4 Å². The van der Waals surface area contributed by atoms with E-state index in [0.29, 0.717) is 19.0 Å². The number of hydrogen-bond acceptors (Lipinski definition) is 3. The van der Waals surface area contributed by atoms with Crippen LogP contribution in [0.5, 0.6) is 0 Å². The van der Waals surface area contributed by atoms with Crippen molar-refractivity contribution in [2.45, 2.75) is 39.5 Å². The van der Waals surface area contributed by atoms with Crippen LogP contribution >= 0.6 is 0 Å². The van der Waals surface area contributed by atoms with Crippen LogP contribution in [0.1, 0.15) is 38.3 Å². The third-order valence-corrected chi connectivity index (χ3v) is 5.57. The van der Waals surface area contributed by atoms with Gasteiger partial charge in [-0.3, -0.25) is 0 Å². The molecule has 1 rings (SSSR count). The molecule has 0 aliphatic rings. The van der Waals surface area contributed by atoms with Gasteiger partial charge in [-0.05, 0) is 24.1 Å². The summed E-state index contributed by atoms with van der Waals surface area (Å²) in [6.45, 7) is 7.96. The third kappa shape index (κ3) is 5.77. The molecular formula is C16H28N2O2S. The Balaban J connectivity index is 2.85. The Morgan fingerprint density at radius 1 is 1.24 bits per heavy atom. The molecule has 5 heteroatoms. The van der Waals surface area contributed by atoms with Crippen molar-refractivity contribution in [3.63, 3.8) is 0 Å². The van der Waals surface area contributed by atoms with Crippen molar-refractivity contribution in [2.75, 3.05) is 20.1 Å². The van der Waals surface area contributed by atoms with Crippen LogP contribution in [0.3, 0.4) is 0 Å². The fourth-order valence-electron chi connectivity index (χ4n) is 2.25. The van der Waals surface area contributed by atoms with E-state index in [1.807, 2.05) is 38.2 Å². The molecule has 0 heterocycles. The number of hydrogen-bond donors (Lipinski definition) is 1. The average Bonchev–Trinajstić information content (AvgIpc) is 2.44. The van der Waals surface area contributed by atoms with Crippen LogP contribution in [0.25, 0.3) is 0 Å². The van der Waals surface area contributed by atoms with E-state index in [1.54, 1.807) is 4.31 Å². The van der Waals surface area contributed by atoms with Crippen molar-refractivity contribution in [1.29, 1.82) is 0 Å². The highest BCUT2D eigenvalue weighted by Gasteiger charge is 2.22. The molecule has 0 aromatic heterocycles. The van der Waals surface area contributed by atoms with Crippen LogP contribution in [-0.2, 0) is 22.3 Å². The predicted molar refractivity (Wildman–Crippen MR) is 88.5 cm³/mol. The minimum absolute atomic E-state index is 0.0782. The zero-order valence-corrected chi connectivity index (χ0v) is 14.4. The summed E-state index contributed by atoms with van der Waals surface area (Å²) in [7, 11) is -1.37. The summed E-state index contributed by atoms with van der Waals surface area (Å²) in [6, 6.07) is 7.77. The molecule has 0 bridgehead atoms. The summed E-state index contributed by atoms with van der Waals surface area (Å²) in [6.07, 6.45) is 0.990. The van der Waals surface area contributed by atoms with Gasteiger partial charge in [-0.2, -0.15) is 0 Å². The molecule has 1 aromatic carbocycles. The van der Waals surface area contributed by atoms with Crippen LogP contribution in [0.15, 0.2) is 24.3 Å². The molecule has 120 valence electrons. The Kier molecular flexibility index (Phi) is 7.35. The molecule has 0 fully saturated rings. The summed E-state index contributed by atoms with van der Waals surface area (Å²) < 4.78 is 26.7. The van der Waals surface area contributed by atoms with E-state index < -0.39 is 10.0 Å². The van der Waals surface area contributed by atoms with E-state index in [0.717, 1.165) is 24.1 Å². The first-order valence-corrected chi connectivity index (χ1v) is 9.24. The van der Waals surface area contributed by atoms with Gasteiger partial charge in [0, 0.05) is 19.6 Å². The van der Waals surface area contributed by atoms with E-state index in [9.17, 15) is 8.42 Å². The number of sulfonamides is 1. The van der Waals surface area contributed by atoms with Crippen LogP contribution in [0.2, 0.25) is 0 Å². The van der Waals surface area contributed by atoms with Crippen molar-refractivity contribution >= 4 is 10.0 Å². The Bertz CT molecular complexity index is 529. The lowest BCUT2D eigenvalue weighted by Crippen LogP contribution is -2.35. The molecule has 21 heavy (non-hydrogen) atoms. The molecule has 1 atom stereocenters. The second-order valence-electron chi connectivity index (χ2n) is 5.57. The lowest BCUT2D eigenvalue weighted by molar-refractivity contribution is 0.361. The van der Waals surface area contributed by atoms with E-state index in [2.05, 4.69) is 19.2 Å². The Morgan fingerprint density at radius 2 is 1.90 bits per heavy atom. The monoisotopic (exact) mass is 312 g/mol. The maximum absolute atomic E-state index is 12.6. The van der Waals surface area contributed by atoms with Crippen LogP contribution < -0.4 is 5.32 Å². The summed E-state index contributed by atoms with van der Waals surface area (Å²) in [5.41, 5.74) is 1.96. The SMILES string of the molecule is CCC(C)CN(CC)S(=O)(=O)Cc1cccc(CNC)c1. The Labute approximate surface area is 129 Å². The fraction of sp³-hybridized carbons (Fsp3) is 0.625. The summed E-state index contributed by atoms with van der Waals surface area (Å²) in [5, 5.41) is 3.08. The van der Waals surface area contributed by atoms with Crippen molar-refractivity contribution in [3.05, 3.63) is 35.4 Å². The number of rotatable bonds is 9. The highest BCUT2D eigenvalue weighted by Crippen LogP contribution is 2.15. The third-order valence-electron chi connectivity index (χ3n) is 3.68. The largest absolute Gasteiger partial charge is 0.316 e. The molecule has 0 aliphatic carbocycles. The molecule has 0 aliphatic heterocycles. The second kappa shape index (κ2) is 8.51. The first kappa shape index (κ1) is 18.1. The smallest absolute Gasteiger partial charge is 0.218 e. The van der Waals surface area contributed by atoms with Gasteiger partial charge >= 0.3 is 0 Å². The first-order valence-electron chi connectivity index (χ1n) is 7.63. The molecule has 0 saturated heterocycles. The maximum Gasteiger partial charge on any atom is 0.218 e. The van der Waals surface area contributed by atoms with Crippen molar-refractivity contribution in [2.24, 2.45) is 5.92 Å². The van der Waals surface area contributed by atoms with Gasteiger partial charge in [-0.15, -0.1) is 0 Å². The zero-order valence-electron chi connectivity index (χ0n) is 13.6. The lowest BCUT2D eigenvalue weighted by Gasteiger charge is -2.23. The minimum atomic E-state index is -3.25. The normalized spacial score (nSPS) is 13.6. The zero-order chi connectivity index (χ0) is 15.9. The minimum Gasteiger partial charge on any atom is -0.316 e. The lowest BCUT2D eigenvalue weighted by atomic mass is 10.1. The van der Waals surface area contributed by atoms with E-state index >= 15 is 0 Å². The second-order valence-corrected chi connectivity index (χ2v) is 7.54. The van der Waals surface area contributed by atoms with E-state index in [1.165, 1.54) is 0 Å². The van der Waals surface area contributed by atoms with Crippen LogP contribution in [0, 0.1) is 5.92 Å². The Morgan fingerprint density at radius 3 is 2.48 bits per heavy atom. The standard InChI is InChI=1S/C16H28N2O2S/c1-5-14(3)12-18(6-2)21(19,20)13-16-9-7-8-15(10-16)11-17-4/h7-10,14,17H,5-6,11-13H2,1-4H3.